The van der Waals surface area contributed by atoms with Gasteiger partial charge in [0, 0.05) is 0 Å². The molecular formula is C10H8Cl2N2O2. The van der Waals surface area contributed by atoms with Crippen LogP contribution in [-0.4, -0.2) is 12.1 Å². The van der Waals surface area contributed by atoms with Crippen molar-refractivity contribution in [3.05, 3.63) is 27.7 Å². The molecule has 0 aliphatic rings. The summed E-state index contributed by atoms with van der Waals surface area (Å²) in [7, 11) is 0. The monoisotopic (exact) mass is 258 g/mol. The Balaban J connectivity index is 2.98. The number of nitrogens with zero attached hydrogens (tertiary/aromatic N) is 1. The zero-order valence-corrected chi connectivity index (χ0v) is 9.84. The lowest BCUT2D eigenvalue weighted by molar-refractivity contribution is 0.0435. The van der Waals surface area contributed by atoms with Crippen molar-refractivity contribution in [2.75, 3.05) is 5.73 Å². The zero-order chi connectivity index (χ0) is 12.3. The Hall–Kier alpha value is -1.44. The van der Waals surface area contributed by atoms with E-state index >= 15 is 0 Å². The highest BCUT2D eigenvalue weighted by Crippen LogP contribution is 2.29. The van der Waals surface area contributed by atoms with Gasteiger partial charge in [0.05, 0.1) is 21.3 Å². The van der Waals surface area contributed by atoms with Crippen molar-refractivity contribution >= 4 is 34.9 Å². The van der Waals surface area contributed by atoms with Gasteiger partial charge < -0.3 is 10.5 Å². The Kier molecular flexibility index (Phi) is 3.99. The number of hydrogen-bond donors (Lipinski definition) is 1. The molecule has 0 saturated carbocycles. The van der Waals surface area contributed by atoms with Crippen molar-refractivity contribution in [2.24, 2.45) is 0 Å². The summed E-state index contributed by atoms with van der Waals surface area (Å²) in [5.41, 5.74) is 5.88. The van der Waals surface area contributed by atoms with E-state index in [1.54, 1.807) is 6.07 Å². The smallest absolute Gasteiger partial charge is 0.339 e. The second-order valence-electron chi connectivity index (χ2n) is 3.04. The summed E-state index contributed by atoms with van der Waals surface area (Å²) < 4.78 is 4.78. The maximum atomic E-state index is 11.5. The Labute approximate surface area is 103 Å². The molecule has 0 aliphatic heterocycles. The number of halogens is 2. The number of ether oxygens (including phenoxy) is 1. The first kappa shape index (κ1) is 12.6. The standard InChI is InChI=1S/C10H8Cl2N2O2/c1-5(4-13)16-10(15)6-2-7(11)9(12)8(14)3-6/h2-3,5H,14H2,1H3. The van der Waals surface area contributed by atoms with Crippen LogP contribution in [0.15, 0.2) is 12.1 Å². The van der Waals surface area contributed by atoms with Gasteiger partial charge in [0.2, 0.25) is 0 Å². The van der Waals surface area contributed by atoms with Gasteiger partial charge in [-0.25, -0.2) is 4.79 Å². The Bertz CT molecular complexity index is 445. The molecule has 6 heteroatoms. The molecule has 1 atom stereocenters. The van der Waals surface area contributed by atoms with E-state index in [-0.39, 0.29) is 21.3 Å². The lowest BCUT2D eigenvalue weighted by atomic mass is 10.2. The largest absolute Gasteiger partial charge is 0.444 e. The fourth-order valence-corrected chi connectivity index (χ4v) is 1.32. The topological polar surface area (TPSA) is 76.1 Å². The van der Waals surface area contributed by atoms with Gasteiger partial charge in [-0.05, 0) is 19.1 Å². The van der Waals surface area contributed by atoms with Crippen LogP contribution in [0.4, 0.5) is 5.69 Å². The minimum atomic E-state index is -0.830. The Morgan fingerprint density at radius 1 is 1.56 bits per heavy atom. The van der Waals surface area contributed by atoms with Gasteiger partial charge in [0.25, 0.3) is 0 Å². The summed E-state index contributed by atoms with van der Waals surface area (Å²) in [6.07, 6.45) is -0.830. The van der Waals surface area contributed by atoms with Crippen LogP contribution >= 0.6 is 23.2 Å². The number of nitriles is 1. The number of anilines is 1. The molecule has 1 aromatic rings. The summed E-state index contributed by atoms with van der Waals surface area (Å²) in [5, 5.41) is 8.84. The third-order valence-electron chi connectivity index (χ3n) is 1.76. The van der Waals surface area contributed by atoms with Crippen LogP contribution in [0.5, 0.6) is 0 Å². The van der Waals surface area contributed by atoms with Crippen molar-refractivity contribution in [3.63, 3.8) is 0 Å². The predicted octanol–water partition coefficient (Wildman–Crippen LogP) is 2.64. The van der Waals surface area contributed by atoms with Gasteiger partial charge in [-0.15, -0.1) is 0 Å². The average Bonchev–Trinajstić information content (AvgIpc) is 2.24. The van der Waals surface area contributed by atoms with E-state index in [0.29, 0.717) is 0 Å². The van der Waals surface area contributed by atoms with E-state index in [9.17, 15) is 4.79 Å². The molecule has 84 valence electrons. The third-order valence-corrected chi connectivity index (χ3v) is 2.57. The van der Waals surface area contributed by atoms with Gasteiger partial charge in [-0.1, -0.05) is 23.2 Å². The molecule has 4 nitrogen and oxygen atoms in total. The van der Waals surface area contributed by atoms with E-state index in [1.165, 1.54) is 19.1 Å². The fraction of sp³-hybridized carbons (Fsp3) is 0.200. The molecule has 0 amide bonds. The first-order valence-electron chi connectivity index (χ1n) is 4.30. The lowest BCUT2D eigenvalue weighted by Gasteiger charge is -2.08. The molecule has 1 aromatic carbocycles. The van der Waals surface area contributed by atoms with Crippen LogP contribution < -0.4 is 5.73 Å². The number of nitrogen functional groups attached to an aromatic ring is 1. The van der Waals surface area contributed by atoms with E-state index in [4.69, 9.17) is 38.9 Å². The highest BCUT2D eigenvalue weighted by atomic mass is 35.5. The number of rotatable bonds is 2. The SMILES string of the molecule is CC(C#N)OC(=O)c1cc(N)c(Cl)c(Cl)c1. The van der Waals surface area contributed by atoms with Gasteiger partial charge >= 0.3 is 5.97 Å². The molecule has 0 heterocycles. The summed E-state index contributed by atoms with van der Waals surface area (Å²) in [6, 6.07) is 4.46. The summed E-state index contributed by atoms with van der Waals surface area (Å²) in [4.78, 5) is 11.5. The summed E-state index contributed by atoms with van der Waals surface area (Å²) in [5.74, 6) is -0.667. The number of benzene rings is 1. The maximum Gasteiger partial charge on any atom is 0.339 e. The van der Waals surface area contributed by atoms with Crippen molar-refractivity contribution in [3.8, 4) is 6.07 Å². The minimum absolute atomic E-state index is 0.161. The number of esters is 1. The third kappa shape index (κ3) is 2.78. The second-order valence-corrected chi connectivity index (χ2v) is 3.82. The van der Waals surface area contributed by atoms with Gasteiger partial charge in [0.1, 0.15) is 6.07 Å². The summed E-state index contributed by atoms with van der Waals surface area (Å²) >= 11 is 11.5. The van der Waals surface area contributed by atoms with Crippen LogP contribution in [0, 0.1) is 11.3 Å². The van der Waals surface area contributed by atoms with Crippen molar-refractivity contribution in [1.29, 1.82) is 5.26 Å². The fourth-order valence-electron chi connectivity index (χ4n) is 0.983. The summed E-state index contributed by atoms with van der Waals surface area (Å²) in [6.45, 7) is 1.46. The molecule has 1 rings (SSSR count). The van der Waals surface area contributed by atoms with Crippen LogP contribution in [0.3, 0.4) is 0 Å². The number of carbonyl (C=O) groups is 1. The molecule has 2 N–H and O–H groups in total. The molecule has 0 aromatic heterocycles. The maximum absolute atomic E-state index is 11.5. The number of hydrogen-bond acceptors (Lipinski definition) is 4. The van der Waals surface area contributed by atoms with Gasteiger partial charge in [-0.3, -0.25) is 0 Å². The molecule has 0 spiro atoms. The molecular weight excluding hydrogens is 251 g/mol. The molecule has 1 unspecified atom stereocenters. The average molecular weight is 259 g/mol. The quantitative estimate of drug-likeness (QED) is 0.654. The van der Waals surface area contributed by atoms with Crippen molar-refractivity contribution in [1.82, 2.24) is 0 Å². The van der Waals surface area contributed by atoms with Crippen molar-refractivity contribution < 1.29 is 9.53 Å². The van der Waals surface area contributed by atoms with Crippen molar-refractivity contribution in [2.45, 2.75) is 13.0 Å². The number of carbonyl (C=O) groups excluding carboxylic acids is 1. The molecule has 0 radical (unpaired) electrons. The molecule has 0 bridgehead atoms. The first-order chi connectivity index (χ1) is 7.45. The van der Waals surface area contributed by atoms with Gasteiger partial charge in [0.15, 0.2) is 6.10 Å². The molecule has 0 aliphatic carbocycles. The lowest BCUT2D eigenvalue weighted by Crippen LogP contribution is -2.13. The highest BCUT2D eigenvalue weighted by Gasteiger charge is 2.14. The van der Waals surface area contributed by atoms with Gasteiger partial charge in [-0.2, -0.15) is 5.26 Å². The number of nitrogens with two attached hydrogens (primary N) is 1. The van der Waals surface area contributed by atoms with E-state index < -0.39 is 12.1 Å². The Morgan fingerprint density at radius 3 is 2.69 bits per heavy atom. The van der Waals surface area contributed by atoms with Crippen LogP contribution in [-0.2, 0) is 4.74 Å². The van der Waals surface area contributed by atoms with E-state index in [0.717, 1.165) is 0 Å². The first-order valence-corrected chi connectivity index (χ1v) is 5.06. The van der Waals surface area contributed by atoms with E-state index in [2.05, 4.69) is 0 Å². The van der Waals surface area contributed by atoms with Crippen LogP contribution in [0.1, 0.15) is 17.3 Å². The minimum Gasteiger partial charge on any atom is -0.444 e. The molecule has 0 saturated heterocycles. The Morgan fingerprint density at radius 2 is 2.19 bits per heavy atom. The zero-order valence-electron chi connectivity index (χ0n) is 8.33. The predicted molar refractivity (Wildman–Crippen MR) is 61.4 cm³/mol. The molecule has 16 heavy (non-hydrogen) atoms. The second kappa shape index (κ2) is 5.06. The van der Waals surface area contributed by atoms with Crippen LogP contribution in [0.2, 0.25) is 10.0 Å². The highest BCUT2D eigenvalue weighted by molar-refractivity contribution is 6.43. The van der Waals surface area contributed by atoms with E-state index in [1.807, 2.05) is 0 Å². The normalized spacial score (nSPS) is 11.6. The van der Waals surface area contributed by atoms with Crippen LogP contribution in [0.25, 0.3) is 0 Å². The molecule has 0 fully saturated rings.